The summed E-state index contributed by atoms with van der Waals surface area (Å²) in [6.07, 6.45) is 2.33. The molecular weight excluding hydrogens is 470 g/mol. The van der Waals surface area contributed by atoms with Crippen LogP contribution in [-0.4, -0.2) is 12.3 Å². The highest BCUT2D eigenvalue weighted by atomic mass is 31.1. The van der Waals surface area contributed by atoms with Gasteiger partial charge in [0.05, 0.1) is 0 Å². The molecule has 6 aromatic carbocycles. The quantitative estimate of drug-likeness (QED) is 0.199. The van der Waals surface area contributed by atoms with Gasteiger partial charge in [0.15, 0.2) is 0 Å². The Labute approximate surface area is 216 Å². The van der Waals surface area contributed by atoms with E-state index >= 15 is 0 Å². The van der Waals surface area contributed by atoms with E-state index in [2.05, 4.69) is 146 Å². The summed E-state index contributed by atoms with van der Waals surface area (Å²) in [5.74, 6) is 0. The van der Waals surface area contributed by atoms with Gasteiger partial charge in [0.2, 0.25) is 0 Å². The molecule has 0 N–H and O–H groups in total. The fourth-order valence-corrected chi connectivity index (χ4v) is 10.8. The van der Waals surface area contributed by atoms with E-state index in [0.29, 0.717) is 0 Å². The number of hydrogen-bond acceptors (Lipinski definition) is 0. The van der Waals surface area contributed by atoms with Crippen molar-refractivity contribution < 1.29 is 0 Å². The summed E-state index contributed by atoms with van der Waals surface area (Å²) in [6.45, 7) is 0. The van der Waals surface area contributed by atoms with Gasteiger partial charge in [-0.15, -0.1) is 0 Å². The van der Waals surface area contributed by atoms with Crippen LogP contribution < -0.4 is 21.2 Å². The fraction of sp³-hybridized carbons (Fsp3) is 0.0588. The second-order valence-electron chi connectivity index (χ2n) is 8.97. The SMILES string of the molecule is c1ccc([P@@](CC[P@](c2ccccc2)c2cccc3ccccc23)c2cccc3ccccc23)cc1. The zero-order chi connectivity index (χ0) is 24.2. The summed E-state index contributed by atoms with van der Waals surface area (Å²) in [5.41, 5.74) is 0. The van der Waals surface area contributed by atoms with Crippen LogP contribution in [0.15, 0.2) is 146 Å². The molecule has 0 radical (unpaired) electrons. The van der Waals surface area contributed by atoms with Gasteiger partial charge in [-0.3, -0.25) is 0 Å². The second-order valence-corrected chi connectivity index (χ2v) is 13.6. The molecule has 0 unspecified atom stereocenters. The van der Waals surface area contributed by atoms with Gasteiger partial charge in [-0.1, -0.05) is 146 Å². The topological polar surface area (TPSA) is 0 Å². The highest BCUT2D eigenvalue weighted by Gasteiger charge is 2.21. The van der Waals surface area contributed by atoms with Crippen LogP contribution >= 0.6 is 15.8 Å². The molecule has 0 saturated heterocycles. The average molecular weight is 499 g/mol. The summed E-state index contributed by atoms with van der Waals surface area (Å²) in [6, 6.07) is 53.8. The van der Waals surface area contributed by atoms with Gasteiger partial charge in [0.25, 0.3) is 0 Å². The summed E-state index contributed by atoms with van der Waals surface area (Å²) >= 11 is 0. The zero-order valence-electron chi connectivity index (χ0n) is 20.2. The van der Waals surface area contributed by atoms with Crippen molar-refractivity contribution in [3.8, 4) is 0 Å². The van der Waals surface area contributed by atoms with Crippen molar-refractivity contribution in [3.05, 3.63) is 146 Å². The van der Waals surface area contributed by atoms with Crippen LogP contribution in [0.2, 0.25) is 0 Å². The minimum atomic E-state index is -0.491. The first-order valence-corrected chi connectivity index (χ1v) is 15.5. The highest BCUT2D eigenvalue weighted by Crippen LogP contribution is 2.43. The van der Waals surface area contributed by atoms with E-state index in [9.17, 15) is 0 Å². The first kappa shape index (κ1) is 23.1. The molecule has 0 aliphatic heterocycles. The van der Waals surface area contributed by atoms with E-state index in [0.717, 1.165) is 12.3 Å². The lowest BCUT2D eigenvalue weighted by molar-refractivity contribution is 1.51. The predicted octanol–water partition coefficient (Wildman–Crippen LogP) is 7.56. The first-order valence-electron chi connectivity index (χ1n) is 12.5. The molecule has 0 aliphatic carbocycles. The van der Waals surface area contributed by atoms with Gasteiger partial charge in [0, 0.05) is 0 Å². The normalized spacial score (nSPS) is 13.0. The third kappa shape index (κ3) is 4.73. The third-order valence-electron chi connectivity index (χ3n) is 6.80. The van der Waals surface area contributed by atoms with E-state index in [1.54, 1.807) is 0 Å². The molecule has 0 amide bonds. The summed E-state index contributed by atoms with van der Waals surface area (Å²) in [5, 5.41) is 11.4. The van der Waals surface area contributed by atoms with Crippen molar-refractivity contribution in [2.24, 2.45) is 0 Å². The number of rotatable bonds is 7. The maximum atomic E-state index is 2.36. The Kier molecular flexibility index (Phi) is 6.91. The van der Waals surface area contributed by atoms with Gasteiger partial charge < -0.3 is 0 Å². The molecule has 2 heteroatoms. The van der Waals surface area contributed by atoms with E-state index in [1.807, 2.05) is 0 Å². The van der Waals surface area contributed by atoms with Crippen LogP contribution in [0.4, 0.5) is 0 Å². The lowest BCUT2D eigenvalue weighted by Crippen LogP contribution is -2.20. The average Bonchev–Trinajstić information content (AvgIpc) is 2.96. The van der Waals surface area contributed by atoms with Crippen LogP contribution in [0.1, 0.15) is 0 Å². The Morgan fingerprint density at radius 3 is 1.14 bits per heavy atom. The van der Waals surface area contributed by atoms with Crippen molar-refractivity contribution in [3.63, 3.8) is 0 Å². The number of hydrogen-bond donors (Lipinski definition) is 0. The minimum absolute atomic E-state index is 0.491. The molecule has 0 spiro atoms. The molecule has 6 aromatic rings. The van der Waals surface area contributed by atoms with E-state index in [1.165, 1.54) is 42.8 Å². The van der Waals surface area contributed by atoms with Crippen LogP contribution in [0.3, 0.4) is 0 Å². The lowest BCUT2D eigenvalue weighted by Gasteiger charge is -2.25. The number of fused-ring (bicyclic) bond motifs is 2. The van der Waals surface area contributed by atoms with Crippen LogP contribution in [0.5, 0.6) is 0 Å². The van der Waals surface area contributed by atoms with E-state index in [-0.39, 0.29) is 0 Å². The van der Waals surface area contributed by atoms with Crippen molar-refractivity contribution in [1.29, 1.82) is 0 Å². The standard InChI is InChI=1S/C34H28P2/c1-3-17-29(18-4-1)35(33-23-11-15-27-13-7-9-21-31(27)33)25-26-36(30-19-5-2-6-20-30)34-24-12-16-28-14-8-10-22-32(28)34/h1-24H,25-26H2/t35-,36-/m1/s1. The van der Waals surface area contributed by atoms with Crippen molar-refractivity contribution in [1.82, 2.24) is 0 Å². The fourth-order valence-electron chi connectivity index (χ4n) is 5.08. The van der Waals surface area contributed by atoms with Gasteiger partial charge >= 0.3 is 0 Å². The molecular formula is C34H28P2. The minimum Gasteiger partial charge on any atom is -0.0622 e. The molecule has 2 atom stereocenters. The summed E-state index contributed by atoms with van der Waals surface area (Å²) in [7, 11) is -0.982. The lowest BCUT2D eigenvalue weighted by atomic mass is 10.1. The molecule has 0 fully saturated rings. The Hall–Kier alpha value is -3.30. The molecule has 0 nitrogen and oxygen atoms in total. The Morgan fingerprint density at radius 2 is 0.694 bits per heavy atom. The molecule has 0 saturated carbocycles. The smallest absolute Gasteiger partial charge is 0.0104 e. The monoisotopic (exact) mass is 498 g/mol. The van der Waals surface area contributed by atoms with E-state index in [4.69, 9.17) is 0 Å². The van der Waals surface area contributed by atoms with Gasteiger partial charge in [0.1, 0.15) is 0 Å². The molecule has 0 aromatic heterocycles. The summed E-state index contributed by atoms with van der Waals surface area (Å²) < 4.78 is 0. The largest absolute Gasteiger partial charge is 0.0622 e. The Bertz CT molecular complexity index is 1460. The van der Waals surface area contributed by atoms with E-state index < -0.39 is 15.8 Å². The first-order chi connectivity index (χ1) is 17.9. The van der Waals surface area contributed by atoms with Crippen LogP contribution in [0.25, 0.3) is 21.5 Å². The van der Waals surface area contributed by atoms with Gasteiger partial charge in [-0.2, -0.15) is 0 Å². The summed E-state index contributed by atoms with van der Waals surface area (Å²) in [4.78, 5) is 0. The highest BCUT2D eigenvalue weighted by molar-refractivity contribution is 7.77. The maximum Gasteiger partial charge on any atom is -0.0104 e. The Morgan fingerprint density at radius 1 is 0.333 bits per heavy atom. The molecule has 174 valence electrons. The van der Waals surface area contributed by atoms with Crippen LogP contribution in [-0.2, 0) is 0 Å². The molecule has 0 bridgehead atoms. The zero-order valence-corrected chi connectivity index (χ0v) is 22.0. The molecule has 0 heterocycles. The molecule has 6 rings (SSSR count). The van der Waals surface area contributed by atoms with Crippen molar-refractivity contribution >= 4 is 58.6 Å². The van der Waals surface area contributed by atoms with Crippen molar-refractivity contribution in [2.45, 2.75) is 0 Å². The molecule has 0 aliphatic rings. The van der Waals surface area contributed by atoms with Gasteiger partial charge in [-0.25, -0.2) is 0 Å². The Balaban J connectivity index is 1.44. The predicted molar refractivity (Wildman–Crippen MR) is 163 cm³/mol. The molecule has 36 heavy (non-hydrogen) atoms. The third-order valence-corrected chi connectivity index (χ3v) is 12.3. The van der Waals surface area contributed by atoms with Gasteiger partial charge in [-0.05, 0) is 70.9 Å². The number of benzene rings is 6. The maximum absolute atomic E-state index is 2.36. The van der Waals surface area contributed by atoms with Crippen LogP contribution in [0, 0.1) is 0 Å². The van der Waals surface area contributed by atoms with Crippen molar-refractivity contribution in [2.75, 3.05) is 12.3 Å². The second kappa shape index (κ2) is 10.8.